The summed E-state index contributed by atoms with van der Waals surface area (Å²) in [5.41, 5.74) is 1.30. The number of nitrogens with one attached hydrogen (secondary N) is 1. The zero-order valence-corrected chi connectivity index (χ0v) is 18.1. The van der Waals surface area contributed by atoms with Crippen molar-refractivity contribution in [2.24, 2.45) is 17.8 Å². The van der Waals surface area contributed by atoms with Crippen LogP contribution in [-0.4, -0.2) is 61.1 Å². The fraction of sp³-hybridized carbons (Fsp3) is 0.583. The van der Waals surface area contributed by atoms with Gasteiger partial charge in [-0.1, -0.05) is 12.1 Å². The summed E-state index contributed by atoms with van der Waals surface area (Å²) >= 11 is 0. The van der Waals surface area contributed by atoms with Crippen molar-refractivity contribution < 1.29 is 13.9 Å². The first-order chi connectivity index (χ1) is 15.2. The highest BCUT2D eigenvalue weighted by atomic mass is 19.1. The highest BCUT2D eigenvalue weighted by molar-refractivity contribution is 5.64. The molecule has 2 aliphatic heterocycles. The third-order valence-electron chi connectivity index (χ3n) is 7.12. The first kappa shape index (κ1) is 20.6. The Morgan fingerprint density at radius 3 is 2.61 bits per heavy atom. The molecule has 3 aliphatic rings. The van der Waals surface area contributed by atoms with Crippen molar-refractivity contribution in [3.63, 3.8) is 0 Å². The van der Waals surface area contributed by atoms with Crippen LogP contribution in [0.25, 0.3) is 11.3 Å². The van der Waals surface area contributed by atoms with Gasteiger partial charge in [-0.25, -0.2) is 4.39 Å². The minimum Gasteiger partial charge on any atom is -0.493 e. The normalized spacial score (nSPS) is 25.0. The number of likely N-dealkylation sites (tertiary alicyclic amines) is 1. The highest BCUT2D eigenvalue weighted by Crippen LogP contribution is 2.40. The van der Waals surface area contributed by atoms with Crippen LogP contribution in [0.1, 0.15) is 25.7 Å². The van der Waals surface area contributed by atoms with Crippen molar-refractivity contribution in [1.29, 1.82) is 0 Å². The second kappa shape index (κ2) is 9.09. The fourth-order valence-corrected chi connectivity index (χ4v) is 5.57. The average molecular weight is 427 g/mol. The van der Waals surface area contributed by atoms with Crippen LogP contribution in [0.15, 0.2) is 30.3 Å². The number of hydrogen-bond donors (Lipinski definition) is 1. The standard InChI is InChI=1S/C24H31FN4O2/c1-30-23-12-22(17-3-2-4-20(25)9-17)27-28-24(23)26-21-10-18-14-29(15-19(18)11-21)13-16-5-7-31-8-6-16/h2-4,9,12,16,18-19,21H,5-8,10-11,13-15H2,1H3,(H,26,28)/t18-,19-/m1/s1. The Morgan fingerprint density at radius 1 is 1.13 bits per heavy atom. The molecule has 31 heavy (non-hydrogen) atoms. The Labute approximate surface area is 183 Å². The number of halogens is 1. The van der Waals surface area contributed by atoms with Gasteiger partial charge in [0.15, 0.2) is 11.6 Å². The largest absolute Gasteiger partial charge is 0.493 e. The summed E-state index contributed by atoms with van der Waals surface area (Å²) in [5.74, 6) is 3.34. The molecule has 166 valence electrons. The second-order valence-electron chi connectivity index (χ2n) is 9.26. The summed E-state index contributed by atoms with van der Waals surface area (Å²) in [4.78, 5) is 2.68. The molecule has 0 spiro atoms. The van der Waals surface area contributed by atoms with E-state index in [-0.39, 0.29) is 5.82 Å². The van der Waals surface area contributed by atoms with Gasteiger partial charge in [-0.05, 0) is 55.6 Å². The highest BCUT2D eigenvalue weighted by Gasteiger charge is 2.41. The first-order valence-corrected chi connectivity index (χ1v) is 11.4. The van der Waals surface area contributed by atoms with Gasteiger partial charge in [0, 0.05) is 50.5 Å². The molecule has 0 amide bonds. The molecule has 1 saturated carbocycles. The Hall–Kier alpha value is -2.25. The molecular weight excluding hydrogens is 395 g/mol. The number of aromatic nitrogens is 2. The first-order valence-electron chi connectivity index (χ1n) is 11.4. The van der Waals surface area contributed by atoms with Gasteiger partial charge in [0.25, 0.3) is 0 Å². The van der Waals surface area contributed by atoms with Crippen LogP contribution < -0.4 is 10.1 Å². The lowest BCUT2D eigenvalue weighted by molar-refractivity contribution is 0.0545. The predicted molar refractivity (Wildman–Crippen MR) is 118 cm³/mol. The average Bonchev–Trinajstić information content (AvgIpc) is 3.32. The summed E-state index contributed by atoms with van der Waals surface area (Å²) in [6, 6.07) is 8.60. The second-order valence-corrected chi connectivity index (χ2v) is 9.26. The van der Waals surface area contributed by atoms with E-state index in [4.69, 9.17) is 9.47 Å². The van der Waals surface area contributed by atoms with Gasteiger partial charge in [-0.15, -0.1) is 10.2 Å². The van der Waals surface area contributed by atoms with Gasteiger partial charge in [-0.2, -0.15) is 0 Å². The third-order valence-corrected chi connectivity index (χ3v) is 7.12. The van der Waals surface area contributed by atoms with Gasteiger partial charge in [0.1, 0.15) is 5.82 Å². The number of anilines is 1. The number of rotatable bonds is 6. The van der Waals surface area contributed by atoms with Crippen molar-refractivity contribution in [1.82, 2.24) is 15.1 Å². The summed E-state index contributed by atoms with van der Waals surface area (Å²) < 4.78 is 24.6. The Bertz CT molecular complexity index is 891. The molecule has 2 saturated heterocycles. The molecule has 0 radical (unpaired) electrons. The topological polar surface area (TPSA) is 59.5 Å². The van der Waals surface area contributed by atoms with Crippen LogP contribution in [0.4, 0.5) is 10.2 Å². The summed E-state index contributed by atoms with van der Waals surface area (Å²) in [5, 5.41) is 12.3. The van der Waals surface area contributed by atoms with Gasteiger partial charge in [0.05, 0.1) is 12.8 Å². The SMILES string of the molecule is COc1cc(-c2cccc(F)c2)nnc1NC1C[C@@H]2CN(CC3CCOCC3)C[C@H]2C1. The molecule has 1 aliphatic carbocycles. The van der Waals surface area contributed by atoms with E-state index in [0.29, 0.717) is 28.9 Å². The molecule has 2 aromatic rings. The van der Waals surface area contributed by atoms with Crippen molar-refractivity contribution in [3.05, 3.63) is 36.1 Å². The molecule has 1 aromatic heterocycles. The number of ether oxygens (including phenoxy) is 2. The monoisotopic (exact) mass is 426 g/mol. The molecule has 7 heteroatoms. The molecule has 2 atom stereocenters. The van der Waals surface area contributed by atoms with Gasteiger partial charge >= 0.3 is 0 Å². The van der Waals surface area contributed by atoms with Crippen molar-refractivity contribution in [2.75, 3.05) is 45.3 Å². The molecule has 5 rings (SSSR count). The van der Waals surface area contributed by atoms with Crippen LogP contribution in [-0.2, 0) is 4.74 Å². The molecule has 0 bridgehead atoms. The molecule has 3 heterocycles. The number of fused-ring (bicyclic) bond motifs is 1. The van der Waals surface area contributed by atoms with E-state index in [2.05, 4.69) is 20.4 Å². The molecule has 3 fully saturated rings. The van der Waals surface area contributed by atoms with Crippen molar-refractivity contribution in [2.45, 2.75) is 31.7 Å². The molecular formula is C24H31FN4O2. The zero-order valence-electron chi connectivity index (χ0n) is 18.1. The lowest BCUT2D eigenvalue weighted by atomic mass is 10.00. The van der Waals surface area contributed by atoms with Crippen molar-refractivity contribution >= 4 is 5.82 Å². The Kier molecular flexibility index (Phi) is 6.05. The maximum Gasteiger partial charge on any atom is 0.191 e. The maximum absolute atomic E-state index is 13.6. The lowest BCUT2D eigenvalue weighted by Crippen LogP contribution is -2.32. The van der Waals surface area contributed by atoms with E-state index >= 15 is 0 Å². The minimum atomic E-state index is -0.288. The van der Waals surface area contributed by atoms with E-state index in [1.807, 2.05) is 12.1 Å². The van der Waals surface area contributed by atoms with Crippen LogP contribution in [0, 0.1) is 23.6 Å². The molecule has 0 unspecified atom stereocenters. The van der Waals surface area contributed by atoms with Crippen LogP contribution in [0.2, 0.25) is 0 Å². The van der Waals surface area contributed by atoms with E-state index < -0.39 is 0 Å². The zero-order chi connectivity index (χ0) is 21.2. The summed E-state index contributed by atoms with van der Waals surface area (Å²) in [7, 11) is 1.63. The third kappa shape index (κ3) is 4.67. The molecule has 1 N–H and O–H groups in total. The van der Waals surface area contributed by atoms with E-state index in [1.165, 1.54) is 44.6 Å². The number of methoxy groups -OCH3 is 1. The summed E-state index contributed by atoms with van der Waals surface area (Å²) in [6.07, 6.45) is 4.73. The predicted octanol–water partition coefficient (Wildman–Crippen LogP) is 3.84. The van der Waals surface area contributed by atoms with E-state index in [1.54, 1.807) is 13.2 Å². The Balaban J connectivity index is 1.19. The summed E-state index contributed by atoms with van der Waals surface area (Å²) in [6.45, 7) is 5.51. The smallest absolute Gasteiger partial charge is 0.191 e. The fourth-order valence-electron chi connectivity index (χ4n) is 5.57. The van der Waals surface area contributed by atoms with Gasteiger partial charge in [-0.3, -0.25) is 0 Å². The van der Waals surface area contributed by atoms with Crippen LogP contribution in [0.3, 0.4) is 0 Å². The minimum absolute atomic E-state index is 0.288. The maximum atomic E-state index is 13.6. The lowest BCUT2D eigenvalue weighted by Gasteiger charge is -2.27. The van der Waals surface area contributed by atoms with Crippen molar-refractivity contribution in [3.8, 4) is 17.0 Å². The number of hydrogen-bond acceptors (Lipinski definition) is 6. The molecule has 6 nitrogen and oxygen atoms in total. The van der Waals surface area contributed by atoms with Crippen LogP contribution in [0.5, 0.6) is 5.75 Å². The van der Waals surface area contributed by atoms with E-state index in [9.17, 15) is 4.39 Å². The number of nitrogens with zero attached hydrogens (tertiary/aromatic N) is 3. The van der Waals surface area contributed by atoms with Gasteiger partial charge < -0.3 is 19.7 Å². The van der Waals surface area contributed by atoms with E-state index in [0.717, 1.165) is 43.8 Å². The Morgan fingerprint density at radius 2 is 1.90 bits per heavy atom. The quantitative estimate of drug-likeness (QED) is 0.757. The van der Waals surface area contributed by atoms with Crippen LogP contribution >= 0.6 is 0 Å². The number of benzene rings is 1. The molecule has 1 aromatic carbocycles. The van der Waals surface area contributed by atoms with Gasteiger partial charge in [0.2, 0.25) is 0 Å².